The molecule has 0 bridgehead atoms. The number of nitrogens with zero attached hydrogens (tertiary/aromatic N) is 2. The number of nitro benzene ring substituents is 1. The van der Waals surface area contributed by atoms with Crippen molar-refractivity contribution in [3.05, 3.63) is 64.2 Å². The molecule has 0 saturated heterocycles. The number of nitro groups is 1. The molecule has 0 aliphatic rings. The minimum absolute atomic E-state index is 0.196. The fraction of sp³-hybridized carbons (Fsp3) is 0.0667. The van der Waals surface area contributed by atoms with Gasteiger partial charge >= 0.3 is 11.9 Å². The lowest BCUT2D eigenvalue weighted by Crippen LogP contribution is -2.35. The summed E-state index contributed by atoms with van der Waals surface area (Å²) in [5.41, 5.74) is -0.924. The molecule has 0 aromatic heterocycles. The number of carbonyl (C=O) groups is 2. The number of sulfonamides is 1. The highest BCUT2D eigenvalue weighted by atomic mass is 32.2. The third-order valence-corrected chi connectivity index (χ3v) is 5.05. The van der Waals surface area contributed by atoms with Gasteiger partial charge in [0.15, 0.2) is 0 Å². The maximum absolute atomic E-state index is 12.8. The molecule has 0 heterocycles. The van der Waals surface area contributed by atoms with Crippen molar-refractivity contribution in [1.82, 2.24) is 0 Å². The molecule has 0 amide bonds. The van der Waals surface area contributed by atoms with Crippen LogP contribution in [-0.2, 0) is 14.8 Å². The molecule has 2 N–H and O–H groups in total. The summed E-state index contributed by atoms with van der Waals surface area (Å²) in [5.74, 6) is -2.81. The van der Waals surface area contributed by atoms with Gasteiger partial charge in [-0.1, -0.05) is 12.1 Å². The van der Waals surface area contributed by atoms with Crippen LogP contribution in [-0.4, -0.2) is 42.0 Å². The van der Waals surface area contributed by atoms with Crippen molar-refractivity contribution in [2.24, 2.45) is 0 Å². The SMILES string of the molecule is O=C(O)CN(c1cccc(C(=O)O)c1)S(=O)(=O)c1cccc([N+](=O)[O-])c1. The number of rotatable bonds is 7. The molecular formula is C15H12N2O8S. The van der Waals surface area contributed by atoms with Crippen LogP contribution in [0, 0.1) is 10.1 Å². The van der Waals surface area contributed by atoms with Crippen LogP contribution in [0.4, 0.5) is 11.4 Å². The van der Waals surface area contributed by atoms with E-state index < -0.39 is 44.0 Å². The number of aliphatic carboxylic acids is 1. The van der Waals surface area contributed by atoms with Crippen LogP contribution in [0.3, 0.4) is 0 Å². The topological polar surface area (TPSA) is 155 Å². The van der Waals surface area contributed by atoms with E-state index in [2.05, 4.69) is 0 Å². The maximum atomic E-state index is 12.8. The molecule has 0 fully saturated rings. The third kappa shape index (κ3) is 3.95. The zero-order valence-electron chi connectivity index (χ0n) is 13.0. The number of non-ortho nitro benzene ring substituents is 1. The molecule has 2 aromatic carbocycles. The van der Waals surface area contributed by atoms with Gasteiger partial charge in [0.1, 0.15) is 6.54 Å². The molecule has 11 heteroatoms. The maximum Gasteiger partial charge on any atom is 0.335 e. The molecule has 0 radical (unpaired) electrons. The molecule has 0 saturated carbocycles. The van der Waals surface area contributed by atoms with Crippen LogP contribution in [0.15, 0.2) is 53.4 Å². The minimum Gasteiger partial charge on any atom is -0.480 e. The van der Waals surface area contributed by atoms with Gasteiger partial charge in [0.25, 0.3) is 15.7 Å². The number of hydrogen-bond donors (Lipinski definition) is 2. The second-order valence-corrected chi connectivity index (χ2v) is 6.88. The molecule has 0 unspecified atom stereocenters. The quantitative estimate of drug-likeness (QED) is 0.541. The van der Waals surface area contributed by atoms with Gasteiger partial charge in [0.05, 0.1) is 21.1 Å². The van der Waals surface area contributed by atoms with Crippen molar-refractivity contribution in [3.63, 3.8) is 0 Å². The van der Waals surface area contributed by atoms with E-state index in [0.29, 0.717) is 4.31 Å². The van der Waals surface area contributed by atoms with Crippen LogP contribution in [0.25, 0.3) is 0 Å². The third-order valence-electron chi connectivity index (χ3n) is 3.28. The Bertz CT molecular complexity index is 987. The van der Waals surface area contributed by atoms with E-state index in [1.807, 2.05) is 0 Å². The van der Waals surface area contributed by atoms with Gasteiger partial charge in [-0.2, -0.15) is 0 Å². The van der Waals surface area contributed by atoms with E-state index in [0.717, 1.165) is 30.3 Å². The van der Waals surface area contributed by atoms with Gasteiger partial charge in [-0.3, -0.25) is 19.2 Å². The molecule has 0 aliphatic heterocycles. The molecule has 2 aromatic rings. The van der Waals surface area contributed by atoms with Crippen molar-refractivity contribution in [2.75, 3.05) is 10.8 Å². The Labute approximate surface area is 147 Å². The molecule has 0 spiro atoms. The van der Waals surface area contributed by atoms with E-state index in [1.165, 1.54) is 18.2 Å². The lowest BCUT2D eigenvalue weighted by Gasteiger charge is -2.23. The summed E-state index contributed by atoms with van der Waals surface area (Å²) >= 11 is 0. The summed E-state index contributed by atoms with van der Waals surface area (Å²) in [4.78, 5) is 31.8. The van der Waals surface area contributed by atoms with Crippen LogP contribution < -0.4 is 4.31 Å². The fourth-order valence-corrected chi connectivity index (χ4v) is 3.56. The van der Waals surface area contributed by atoms with Gasteiger partial charge < -0.3 is 10.2 Å². The van der Waals surface area contributed by atoms with Crippen molar-refractivity contribution in [3.8, 4) is 0 Å². The van der Waals surface area contributed by atoms with Crippen LogP contribution in [0.1, 0.15) is 10.4 Å². The van der Waals surface area contributed by atoms with Gasteiger partial charge in [-0.05, 0) is 24.3 Å². The molecular weight excluding hydrogens is 368 g/mol. The highest BCUT2D eigenvalue weighted by molar-refractivity contribution is 7.92. The Kier molecular flexibility index (Phi) is 5.22. The monoisotopic (exact) mass is 380 g/mol. The molecule has 26 heavy (non-hydrogen) atoms. The lowest BCUT2D eigenvalue weighted by molar-refractivity contribution is -0.385. The average molecular weight is 380 g/mol. The van der Waals surface area contributed by atoms with Crippen molar-refractivity contribution >= 4 is 33.3 Å². The van der Waals surface area contributed by atoms with Gasteiger partial charge in [-0.25, -0.2) is 13.2 Å². The first-order valence-electron chi connectivity index (χ1n) is 6.95. The Balaban J connectivity index is 2.60. The summed E-state index contributed by atoms with van der Waals surface area (Å²) in [6.07, 6.45) is 0. The lowest BCUT2D eigenvalue weighted by atomic mass is 10.2. The van der Waals surface area contributed by atoms with Gasteiger partial charge in [0.2, 0.25) is 0 Å². The molecule has 0 atom stereocenters. The Morgan fingerprint density at radius 2 is 1.73 bits per heavy atom. The largest absolute Gasteiger partial charge is 0.480 e. The zero-order valence-corrected chi connectivity index (χ0v) is 13.8. The number of aromatic carboxylic acids is 1. The summed E-state index contributed by atoms with van der Waals surface area (Å²) in [6.45, 7) is -0.992. The number of carboxylic acids is 2. The number of hydrogen-bond acceptors (Lipinski definition) is 6. The summed E-state index contributed by atoms with van der Waals surface area (Å²) < 4.78 is 26.1. The first kappa shape index (κ1) is 18.9. The van der Waals surface area contributed by atoms with Crippen molar-refractivity contribution < 1.29 is 33.1 Å². The van der Waals surface area contributed by atoms with Gasteiger partial charge in [0, 0.05) is 12.1 Å². The number of anilines is 1. The number of carboxylic acid groups (broad SMARTS) is 2. The summed E-state index contributed by atoms with van der Waals surface area (Å²) in [6, 6.07) is 8.82. The molecule has 10 nitrogen and oxygen atoms in total. The predicted octanol–water partition coefficient (Wildman–Crippen LogP) is 1.57. The normalized spacial score (nSPS) is 10.9. The minimum atomic E-state index is -4.49. The van der Waals surface area contributed by atoms with Crippen molar-refractivity contribution in [2.45, 2.75) is 4.90 Å². The zero-order chi connectivity index (χ0) is 19.5. The summed E-state index contributed by atoms with van der Waals surface area (Å²) in [5, 5.41) is 28.9. The van der Waals surface area contributed by atoms with Crippen molar-refractivity contribution in [1.29, 1.82) is 0 Å². The Morgan fingerprint density at radius 1 is 1.08 bits per heavy atom. The summed E-state index contributed by atoms with van der Waals surface area (Å²) in [7, 11) is -4.49. The standard InChI is InChI=1S/C15H12N2O8S/c18-14(19)9-16(11-4-1-3-10(7-11)15(20)21)26(24,25)13-6-2-5-12(8-13)17(22)23/h1-8H,9H2,(H,18,19)(H,20,21). The predicted molar refractivity (Wildman–Crippen MR) is 88.7 cm³/mol. The Morgan fingerprint density at radius 3 is 2.31 bits per heavy atom. The van der Waals surface area contributed by atoms with E-state index in [1.54, 1.807) is 0 Å². The molecule has 2 rings (SSSR count). The van der Waals surface area contributed by atoms with E-state index in [-0.39, 0.29) is 11.3 Å². The molecule has 0 aliphatic carbocycles. The van der Waals surface area contributed by atoms with E-state index in [9.17, 15) is 28.1 Å². The highest BCUT2D eigenvalue weighted by Crippen LogP contribution is 2.26. The van der Waals surface area contributed by atoms with E-state index in [4.69, 9.17) is 10.2 Å². The second kappa shape index (κ2) is 7.19. The van der Waals surface area contributed by atoms with E-state index >= 15 is 0 Å². The highest BCUT2D eigenvalue weighted by Gasteiger charge is 2.29. The first-order valence-corrected chi connectivity index (χ1v) is 8.39. The van der Waals surface area contributed by atoms with Gasteiger partial charge in [-0.15, -0.1) is 0 Å². The first-order chi connectivity index (χ1) is 12.1. The Hall–Kier alpha value is -3.47. The van der Waals surface area contributed by atoms with Crippen LogP contribution >= 0.6 is 0 Å². The smallest absolute Gasteiger partial charge is 0.335 e. The molecule has 136 valence electrons. The van der Waals surface area contributed by atoms with Crippen LogP contribution in [0.2, 0.25) is 0 Å². The fourth-order valence-electron chi connectivity index (χ4n) is 2.12. The number of benzene rings is 2. The average Bonchev–Trinajstić information content (AvgIpc) is 2.59. The second-order valence-electron chi connectivity index (χ2n) is 5.02. The van der Waals surface area contributed by atoms with Crippen LogP contribution in [0.5, 0.6) is 0 Å².